The number of anilines is 1. The maximum Gasteiger partial charge on any atom is 0.255 e. The second-order valence-corrected chi connectivity index (χ2v) is 5.33. The minimum atomic E-state index is -2.35. The molecule has 0 saturated carbocycles. The van der Waals surface area contributed by atoms with Crippen LogP contribution < -0.4 is 10.6 Å². The van der Waals surface area contributed by atoms with Crippen LogP contribution in [0.25, 0.3) is 0 Å². The Morgan fingerprint density at radius 1 is 1.39 bits per heavy atom. The predicted molar refractivity (Wildman–Crippen MR) is 75.4 cm³/mol. The molecule has 1 atom stereocenters. The van der Waals surface area contributed by atoms with Crippen LogP contribution in [-0.4, -0.2) is 26.1 Å². The van der Waals surface area contributed by atoms with Crippen molar-refractivity contribution in [1.29, 1.82) is 0 Å². The van der Waals surface area contributed by atoms with Crippen LogP contribution >= 0.6 is 15.9 Å². The smallest absolute Gasteiger partial charge is 0.255 e. The second-order valence-electron chi connectivity index (χ2n) is 4.42. The summed E-state index contributed by atoms with van der Waals surface area (Å²) in [7, 11) is 1.68. The summed E-state index contributed by atoms with van der Waals surface area (Å²) in [5.41, 5.74) is 7.76. The largest absolute Gasteiger partial charge is 0.369 e. The molecule has 1 unspecified atom stereocenters. The predicted octanol–water partition coefficient (Wildman–Crippen LogP) is 3.43. The molecule has 1 rings (SSSR count). The number of rotatable bonds is 6. The lowest BCUT2D eigenvalue weighted by Gasteiger charge is -2.23. The summed E-state index contributed by atoms with van der Waals surface area (Å²) in [6.45, 7) is 1.75. The lowest BCUT2D eigenvalue weighted by molar-refractivity contribution is 0.156. The van der Waals surface area contributed by atoms with E-state index in [1.807, 2.05) is 25.1 Å². The van der Waals surface area contributed by atoms with Crippen molar-refractivity contribution >= 4 is 21.6 Å². The van der Waals surface area contributed by atoms with Gasteiger partial charge in [-0.1, -0.05) is 28.9 Å². The molecule has 18 heavy (non-hydrogen) atoms. The van der Waals surface area contributed by atoms with Crippen molar-refractivity contribution in [3.05, 3.63) is 28.2 Å². The molecule has 0 amide bonds. The van der Waals surface area contributed by atoms with E-state index >= 15 is 0 Å². The summed E-state index contributed by atoms with van der Waals surface area (Å²) in [5, 5.41) is 0. The van der Waals surface area contributed by atoms with Gasteiger partial charge in [-0.15, -0.1) is 0 Å². The van der Waals surface area contributed by atoms with Crippen molar-refractivity contribution in [1.82, 2.24) is 0 Å². The molecule has 0 bridgehead atoms. The first-order valence-corrected chi connectivity index (χ1v) is 6.76. The van der Waals surface area contributed by atoms with E-state index in [4.69, 9.17) is 5.73 Å². The first kappa shape index (κ1) is 15.4. The second kappa shape index (κ2) is 7.04. The standard InChI is InChI=1S/C13H19BrF2N2/c1-3-11(17)6-9-4-5-10(14)7-12(9)18(2)8-13(15)16/h4-5,7,11,13H,3,6,8,17H2,1-2H3. The zero-order valence-corrected chi connectivity index (χ0v) is 12.3. The van der Waals surface area contributed by atoms with Crippen LogP contribution in [0.3, 0.4) is 0 Å². The van der Waals surface area contributed by atoms with Crippen LogP contribution in [0.4, 0.5) is 14.5 Å². The van der Waals surface area contributed by atoms with Crippen LogP contribution in [0.15, 0.2) is 22.7 Å². The van der Waals surface area contributed by atoms with Crippen molar-refractivity contribution < 1.29 is 8.78 Å². The SMILES string of the molecule is CCC(N)Cc1ccc(Br)cc1N(C)CC(F)F. The average molecular weight is 321 g/mol. The summed E-state index contributed by atoms with van der Waals surface area (Å²) in [5.74, 6) is 0. The Morgan fingerprint density at radius 2 is 2.06 bits per heavy atom. The third kappa shape index (κ3) is 4.53. The van der Waals surface area contributed by atoms with Crippen LogP contribution in [0.5, 0.6) is 0 Å². The molecule has 2 nitrogen and oxygen atoms in total. The quantitative estimate of drug-likeness (QED) is 0.870. The topological polar surface area (TPSA) is 29.3 Å². The first-order valence-electron chi connectivity index (χ1n) is 5.97. The minimum absolute atomic E-state index is 0.0601. The molecule has 0 fully saturated rings. The highest BCUT2D eigenvalue weighted by Crippen LogP contribution is 2.26. The van der Waals surface area contributed by atoms with Crippen molar-refractivity contribution in [3.63, 3.8) is 0 Å². The van der Waals surface area contributed by atoms with E-state index in [9.17, 15) is 8.78 Å². The molecule has 0 saturated heterocycles. The van der Waals surface area contributed by atoms with Gasteiger partial charge in [0, 0.05) is 23.2 Å². The lowest BCUT2D eigenvalue weighted by Crippen LogP contribution is -2.27. The van der Waals surface area contributed by atoms with Gasteiger partial charge >= 0.3 is 0 Å². The Labute approximate surface area is 115 Å². The molecule has 0 aromatic heterocycles. The molecule has 0 aliphatic heterocycles. The highest BCUT2D eigenvalue weighted by Gasteiger charge is 2.14. The van der Waals surface area contributed by atoms with Gasteiger partial charge < -0.3 is 10.6 Å². The molecule has 0 radical (unpaired) electrons. The summed E-state index contributed by atoms with van der Waals surface area (Å²) >= 11 is 3.37. The van der Waals surface area contributed by atoms with Gasteiger partial charge in [0.25, 0.3) is 6.43 Å². The number of halogens is 3. The fourth-order valence-corrected chi connectivity index (χ4v) is 2.15. The van der Waals surface area contributed by atoms with Gasteiger partial charge in [-0.05, 0) is 30.5 Å². The van der Waals surface area contributed by atoms with Gasteiger partial charge in [-0.25, -0.2) is 8.78 Å². The fraction of sp³-hybridized carbons (Fsp3) is 0.538. The normalized spacial score (nSPS) is 12.8. The van der Waals surface area contributed by atoms with Crippen molar-refractivity contribution in [3.8, 4) is 0 Å². The Morgan fingerprint density at radius 3 is 2.61 bits per heavy atom. The molecule has 5 heteroatoms. The fourth-order valence-electron chi connectivity index (χ4n) is 1.80. The Hall–Kier alpha value is -0.680. The summed E-state index contributed by atoms with van der Waals surface area (Å²) < 4.78 is 25.8. The van der Waals surface area contributed by atoms with Crippen LogP contribution in [0.2, 0.25) is 0 Å². The maximum absolute atomic E-state index is 12.5. The molecular weight excluding hydrogens is 302 g/mol. The lowest BCUT2D eigenvalue weighted by atomic mass is 10.0. The molecule has 0 aliphatic carbocycles. The zero-order valence-electron chi connectivity index (χ0n) is 10.7. The highest BCUT2D eigenvalue weighted by molar-refractivity contribution is 9.10. The molecule has 0 aliphatic rings. The summed E-state index contributed by atoms with van der Waals surface area (Å²) in [4.78, 5) is 1.58. The number of nitrogens with zero attached hydrogens (tertiary/aromatic N) is 1. The Balaban J connectivity index is 2.95. The van der Waals surface area contributed by atoms with Crippen molar-refractivity contribution in [2.75, 3.05) is 18.5 Å². The molecule has 0 heterocycles. The number of hydrogen-bond donors (Lipinski definition) is 1. The van der Waals surface area contributed by atoms with E-state index in [0.717, 1.165) is 22.1 Å². The zero-order chi connectivity index (χ0) is 13.7. The third-order valence-corrected chi connectivity index (χ3v) is 3.37. The van der Waals surface area contributed by atoms with Gasteiger partial charge in [-0.2, -0.15) is 0 Å². The average Bonchev–Trinajstić information content (AvgIpc) is 2.30. The van der Waals surface area contributed by atoms with E-state index in [1.165, 1.54) is 0 Å². The van der Waals surface area contributed by atoms with E-state index < -0.39 is 6.43 Å². The van der Waals surface area contributed by atoms with Crippen molar-refractivity contribution in [2.45, 2.75) is 32.2 Å². The van der Waals surface area contributed by atoms with Gasteiger partial charge in [0.2, 0.25) is 0 Å². The van der Waals surface area contributed by atoms with E-state index in [1.54, 1.807) is 11.9 Å². The molecule has 1 aromatic carbocycles. The minimum Gasteiger partial charge on any atom is -0.369 e. The maximum atomic E-state index is 12.5. The number of alkyl halides is 2. The summed E-state index contributed by atoms with van der Waals surface area (Å²) in [6, 6.07) is 5.78. The molecular formula is C13H19BrF2N2. The van der Waals surface area contributed by atoms with E-state index in [2.05, 4.69) is 15.9 Å². The first-order chi connectivity index (χ1) is 8.43. The third-order valence-electron chi connectivity index (χ3n) is 2.88. The van der Waals surface area contributed by atoms with Gasteiger partial charge in [0.05, 0.1) is 6.54 Å². The molecule has 102 valence electrons. The van der Waals surface area contributed by atoms with Crippen molar-refractivity contribution in [2.24, 2.45) is 5.73 Å². The Kier molecular flexibility index (Phi) is 6.02. The summed E-state index contributed by atoms with van der Waals surface area (Å²) in [6.07, 6.45) is -0.775. The van der Waals surface area contributed by atoms with Gasteiger partial charge in [0.1, 0.15) is 0 Å². The molecule has 1 aromatic rings. The van der Waals surface area contributed by atoms with Crippen LogP contribution in [0.1, 0.15) is 18.9 Å². The molecule has 0 spiro atoms. The van der Waals surface area contributed by atoms with Crippen LogP contribution in [0, 0.1) is 0 Å². The highest BCUT2D eigenvalue weighted by atomic mass is 79.9. The van der Waals surface area contributed by atoms with E-state index in [0.29, 0.717) is 6.42 Å². The number of benzene rings is 1. The van der Waals surface area contributed by atoms with Gasteiger partial charge in [-0.3, -0.25) is 0 Å². The Bertz CT molecular complexity index is 385. The number of nitrogens with two attached hydrogens (primary N) is 1. The van der Waals surface area contributed by atoms with E-state index in [-0.39, 0.29) is 12.6 Å². The number of hydrogen-bond acceptors (Lipinski definition) is 2. The monoisotopic (exact) mass is 320 g/mol. The van der Waals surface area contributed by atoms with Crippen LogP contribution in [-0.2, 0) is 6.42 Å². The molecule has 2 N–H and O–H groups in total. The van der Waals surface area contributed by atoms with Gasteiger partial charge in [0.15, 0.2) is 0 Å².